The summed E-state index contributed by atoms with van der Waals surface area (Å²) in [4.78, 5) is 12.5. The van der Waals surface area contributed by atoms with E-state index in [0.29, 0.717) is 18.4 Å². The van der Waals surface area contributed by atoms with E-state index in [0.717, 1.165) is 5.33 Å². The van der Waals surface area contributed by atoms with E-state index >= 15 is 0 Å². The topological polar surface area (TPSA) is 38.3 Å². The lowest BCUT2D eigenvalue weighted by Gasteiger charge is -2.42. The summed E-state index contributed by atoms with van der Waals surface area (Å²) in [6, 6.07) is 0.102. The van der Waals surface area contributed by atoms with Crippen molar-refractivity contribution in [2.24, 2.45) is 17.8 Å². The van der Waals surface area contributed by atoms with Crippen molar-refractivity contribution in [3.05, 3.63) is 0 Å². The number of ether oxygens (including phenoxy) is 1. The largest absolute Gasteiger partial charge is 0.383 e. The van der Waals surface area contributed by atoms with Gasteiger partial charge < -0.3 is 10.1 Å². The first-order valence-corrected chi connectivity index (χ1v) is 8.23. The van der Waals surface area contributed by atoms with E-state index in [1.807, 2.05) is 0 Å². The Morgan fingerprint density at radius 1 is 1.28 bits per heavy atom. The molecule has 18 heavy (non-hydrogen) atoms. The highest BCUT2D eigenvalue weighted by molar-refractivity contribution is 9.09. The molecule has 2 saturated carbocycles. The monoisotopic (exact) mass is 317 g/mol. The zero-order chi connectivity index (χ0) is 13.0. The molecule has 0 saturated heterocycles. The highest BCUT2D eigenvalue weighted by Crippen LogP contribution is 2.44. The molecular weight excluding hydrogens is 294 g/mol. The van der Waals surface area contributed by atoms with Crippen LogP contribution in [0, 0.1) is 17.8 Å². The van der Waals surface area contributed by atoms with Crippen LogP contribution in [0.1, 0.15) is 38.5 Å². The average molecular weight is 318 g/mol. The van der Waals surface area contributed by atoms with Crippen molar-refractivity contribution in [3.8, 4) is 0 Å². The molecule has 0 bridgehead atoms. The zero-order valence-electron chi connectivity index (χ0n) is 11.2. The van der Waals surface area contributed by atoms with Gasteiger partial charge in [-0.15, -0.1) is 0 Å². The van der Waals surface area contributed by atoms with Crippen molar-refractivity contribution < 1.29 is 9.53 Å². The third-order valence-corrected chi connectivity index (χ3v) is 5.30. The second kappa shape index (κ2) is 6.90. The molecule has 0 aliphatic heterocycles. The predicted octanol–water partition coefficient (Wildman–Crippen LogP) is 2.73. The maximum absolute atomic E-state index is 12.5. The lowest BCUT2D eigenvalue weighted by molar-refractivity contribution is -0.132. The number of carbonyl (C=O) groups excluding carboxylic acids is 1. The second-order valence-electron chi connectivity index (χ2n) is 5.72. The summed E-state index contributed by atoms with van der Waals surface area (Å²) < 4.78 is 5.13. The molecule has 2 fully saturated rings. The first kappa shape index (κ1) is 14.3. The van der Waals surface area contributed by atoms with Crippen LogP contribution in [0.15, 0.2) is 0 Å². The van der Waals surface area contributed by atoms with Gasteiger partial charge in [-0.25, -0.2) is 0 Å². The number of rotatable bonds is 7. The van der Waals surface area contributed by atoms with Crippen LogP contribution in [0.3, 0.4) is 0 Å². The predicted molar refractivity (Wildman–Crippen MR) is 75.8 cm³/mol. The van der Waals surface area contributed by atoms with Gasteiger partial charge in [0.05, 0.1) is 12.6 Å². The summed E-state index contributed by atoms with van der Waals surface area (Å²) >= 11 is 3.44. The molecule has 0 aromatic rings. The van der Waals surface area contributed by atoms with E-state index in [9.17, 15) is 4.79 Å². The van der Waals surface area contributed by atoms with Gasteiger partial charge in [0.25, 0.3) is 0 Å². The number of amides is 1. The second-order valence-corrected chi connectivity index (χ2v) is 6.37. The Balaban J connectivity index is 1.89. The van der Waals surface area contributed by atoms with Crippen LogP contribution in [0.25, 0.3) is 0 Å². The molecule has 4 heteroatoms. The van der Waals surface area contributed by atoms with Crippen molar-refractivity contribution in [1.29, 1.82) is 0 Å². The first-order valence-electron chi connectivity index (χ1n) is 7.11. The number of halogens is 1. The van der Waals surface area contributed by atoms with Gasteiger partial charge in [0, 0.05) is 18.4 Å². The Bertz CT molecular complexity index is 263. The minimum atomic E-state index is 0.102. The molecule has 1 atom stereocenters. The van der Waals surface area contributed by atoms with Crippen LogP contribution in [-0.2, 0) is 9.53 Å². The van der Waals surface area contributed by atoms with Crippen LogP contribution in [0.4, 0.5) is 0 Å². The summed E-state index contributed by atoms with van der Waals surface area (Å²) in [5.41, 5.74) is 0. The molecule has 0 radical (unpaired) electrons. The molecule has 0 aromatic carbocycles. The minimum Gasteiger partial charge on any atom is -0.383 e. The summed E-state index contributed by atoms with van der Waals surface area (Å²) in [5, 5.41) is 3.91. The van der Waals surface area contributed by atoms with E-state index in [-0.39, 0.29) is 17.9 Å². The number of nitrogens with one attached hydrogen (secondary N) is 1. The van der Waals surface area contributed by atoms with Crippen LogP contribution >= 0.6 is 15.9 Å². The van der Waals surface area contributed by atoms with Crippen LogP contribution in [-0.4, -0.2) is 31.0 Å². The number of hydrogen-bond donors (Lipinski definition) is 1. The van der Waals surface area contributed by atoms with Gasteiger partial charge >= 0.3 is 0 Å². The molecule has 1 amide bonds. The molecule has 1 unspecified atom stereocenters. The Kier molecular flexibility index (Phi) is 5.49. The van der Waals surface area contributed by atoms with E-state index in [1.54, 1.807) is 7.11 Å². The highest BCUT2D eigenvalue weighted by Gasteiger charge is 2.40. The quantitative estimate of drug-likeness (QED) is 0.733. The van der Waals surface area contributed by atoms with E-state index in [4.69, 9.17) is 4.74 Å². The molecule has 0 heterocycles. The molecule has 0 spiro atoms. The molecule has 3 nitrogen and oxygen atoms in total. The zero-order valence-corrected chi connectivity index (χ0v) is 12.7. The maximum atomic E-state index is 12.5. The van der Waals surface area contributed by atoms with Crippen molar-refractivity contribution in [2.45, 2.75) is 44.6 Å². The van der Waals surface area contributed by atoms with Crippen molar-refractivity contribution >= 4 is 21.8 Å². The van der Waals surface area contributed by atoms with Crippen LogP contribution in [0.5, 0.6) is 0 Å². The van der Waals surface area contributed by atoms with Gasteiger partial charge in [0.15, 0.2) is 0 Å². The van der Waals surface area contributed by atoms with E-state index in [2.05, 4.69) is 21.2 Å². The summed E-state index contributed by atoms with van der Waals surface area (Å²) in [6.45, 7) is 0.582. The summed E-state index contributed by atoms with van der Waals surface area (Å²) in [5.74, 6) is 1.83. The summed E-state index contributed by atoms with van der Waals surface area (Å²) in [6.07, 6.45) is 7.60. The molecule has 104 valence electrons. The number of alkyl halides is 1. The van der Waals surface area contributed by atoms with Crippen LogP contribution in [0.2, 0.25) is 0 Å². The summed E-state index contributed by atoms with van der Waals surface area (Å²) in [7, 11) is 1.68. The van der Waals surface area contributed by atoms with Gasteiger partial charge in [-0.3, -0.25) is 4.79 Å². The SMILES string of the molecule is COCC(CBr)NC(=O)C(C1CCC1)C1CCC1. The van der Waals surface area contributed by atoms with Crippen molar-refractivity contribution in [2.75, 3.05) is 19.0 Å². The molecule has 2 rings (SSSR count). The van der Waals surface area contributed by atoms with Crippen molar-refractivity contribution in [3.63, 3.8) is 0 Å². The van der Waals surface area contributed by atoms with Gasteiger partial charge in [-0.1, -0.05) is 28.8 Å². The Hall–Kier alpha value is -0.0900. The molecule has 2 aliphatic rings. The third-order valence-electron chi connectivity index (χ3n) is 4.52. The Morgan fingerprint density at radius 2 is 1.83 bits per heavy atom. The minimum absolute atomic E-state index is 0.102. The molecule has 0 aromatic heterocycles. The van der Waals surface area contributed by atoms with Gasteiger partial charge in [0.2, 0.25) is 5.91 Å². The molecular formula is C14H24BrNO2. The smallest absolute Gasteiger partial charge is 0.223 e. The Labute approximate surface area is 118 Å². The van der Waals surface area contributed by atoms with Gasteiger partial charge in [-0.2, -0.15) is 0 Å². The fourth-order valence-electron chi connectivity index (χ4n) is 3.03. The number of methoxy groups -OCH3 is 1. The fraction of sp³-hybridized carbons (Fsp3) is 0.929. The van der Waals surface area contributed by atoms with E-state index < -0.39 is 0 Å². The van der Waals surface area contributed by atoms with Crippen LogP contribution < -0.4 is 5.32 Å². The first-order chi connectivity index (χ1) is 8.76. The van der Waals surface area contributed by atoms with Gasteiger partial charge in [-0.05, 0) is 37.5 Å². The normalized spacial score (nSPS) is 22.4. The van der Waals surface area contributed by atoms with E-state index in [1.165, 1.54) is 38.5 Å². The highest BCUT2D eigenvalue weighted by atomic mass is 79.9. The number of hydrogen-bond acceptors (Lipinski definition) is 2. The van der Waals surface area contributed by atoms with Crippen molar-refractivity contribution in [1.82, 2.24) is 5.32 Å². The molecule has 1 N–H and O–H groups in total. The number of carbonyl (C=O) groups is 1. The molecule has 2 aliphatic carbocycles. The average Bonchev–Trinajstić information content (AvgIpc) is 2.22. The lowest BCUT2D eigenvalue weighted by atomic mass is 9.64. The lowest BCUT2D eigenvalue weighted by Crippen LogP contribution is -2.48. The maximum Gasteiger partial charge on any atom is 0.223 e. The fourth-order valence-corrected chi connectivity index (χ4v) is 3.38. The standard InChI is InChI=1S/C14H24BrNO2/c1-18-9-12(8-15)16-14(17)13(10-4-2-5-10)11-6-3-7-11/h10-13H,2-9H2,1H3,(H,16,17). The Morgan fingerprint density at radius 3 is 2.17 bits per heavy atom. The van der Waals surface area contributed by atoms with Gasteiger partial charge in [0.1, 0.15) is 0 Å². The third kappa shape index (κ3) is 3.27.